The maximum Gasteiger partial charge on any atom is 0.303 e. The number of nitrogens with zero attached hydrogens (tertiary/aromatic N) is 2. The number of rotatable bonds is 6. The number of hydrogen-bond acceptors (Lipinski definition) is 4. The van der Waals surface area contributed by atoms with E-state index in [2.05, 4.69) is 10.4 Å². The summed E-state index contributed by atoms with van der Waals surface area (Å²) in [6.45, 7) is 1.68. The predicted octanol–water partition coefficient (Wildman–Crippen LogP) is 1.27. The molecule has 1 aromatic heterocycles. The molecule has 0 bridgehead atoms. The highest BCUT2D eigenvalue weighted by molar-refractivity contribution is 5.92. The molecule has 2 aromatic rings. The van der Waals surface area contributed by atoms with Crippen molar-refractivity contribution in [2.24, 2.45) is 0 Å². The molecule has 1 amide bonds. The number of carbonyl (C=O) groups is 2. The smallest absolute Gasteiger partial charge is 0.303 e. The second-order valence-corrected chi connectivity index (χ2v) is 5.11. The Morgan fingerprint density at radius 2 is 2.04 bits per heavy atom. The van der Waals surface area contributed by atoms with E-state index < -0.39 is 23.1 Å². The Bertz CT molecular complexity index is 832. The van der Waals surface area contributed by atoms with E-state index in [-0.39, 0.29) is 30.8 Å². The Balaban J connectivity index is 2.27. The molecule has 2 rings (SSSR count). The zero-order valence-corrected chi connectivity index (χ0v) is 13.0. The zero-order chi connectivity index (χ0) is 17.7. The van der Waals surface area contributed by atoms with Gasteiger partial charge in [0.1, 0.15) is 11.5 Å². The molecule has 7 nitrogen and oxygen atoms in total. The third-order valence-corrected chi connectivity index (χ3v) is 3.26. The van der Waals surface area contributed by atoms with Crippen LogP contribution in [0.25, 0.3) is 5.69 Å². The summed E-state index contributed by atoms with van der Waals surface area (Å²) in [5.41, 5.74) is -0.461. The van der Waals surface area contributed by atoms with Crippen molar-refractivity contribution in [3.05, 3.63) is 57.8 Å². The van der Waals surface area contributed by atoms with Gasteiger partial charge in [-0.05, 0) is 25.5 Å². The molecule has 0 saturated heterocycles. The van der Waals surface area contributed by atoms with E-state index >= 15 is 0 Å². The third-order valence-electron chi connectivity index (χ3n) is 3.26. The van der Waals surface area contributed by atoms with E-state index in [0.717, 1.165) is 0 Å². The fourth-order valence-electron chi connectivity index (χ4n) is 2.10. The normalized spacial score (nSPS) is 10.4. The van der Waals surface area contributed by atoms with Crippen LogP contribution >= 0.6 is 0 Å². The first-order chi connectivity index (χ1) is 11.4. The molecule has 1 heterocycles. The lowest BCUT2D eigenvalue weighted by molar-refractivity contribution is -0.137. The van der Waals surface area contributed by atoms with Crippen molar-refractivity contribution in [1.29, 1.82) is 0 Å². The lowest BCUT2D eigenvalue weighted by Gasteiger charge is -2.12. The van der Waals surface area contributed by atoms with Gasteiger partial charge in [-0.3, -0.25) is 14.4 Å². The standard InChI is InChI=1S/C16H16FN3O4/c1-10-9-13(21)15(16(24)18-8-4-7-14(22)23)19-20(10)12-6-3-2-5-11(12)17/h2-3,5-6,9H,4,7-8H2,1H3,(H,18,24)(H,22,23). The molecule has 0 atom stereocenters. The Morgan fingerprint density at radius 1 is 1.33 bits per heavy atom. The predicted molar refractivity (Wildman–Crippen MR) is 83.7 cm³/mol. The minimum absolute atomic E-state index is 0.0962. The summed E-state index contributed by atoms with van der Waals surface area (Å²) in [5, 5.41) is 14.9. The second kappa shape index (κ2) is 7.49. The average Bonchev–Trinajstić information content (AvgIpc) is 2.52. The minimum Gasteiger partial charge on any atom is -0.481 e. The Hall–Kier alpha value is -3.03. The van der Waals surface area contributed by atoms with Crippen LogP contribution in [0.5, 0.6) is 0 Å². The minimum atomic E-state index is -0.973. The molecule has 0 unspecified atom stereocenters. The van der Waals surface area contributed by atoms with Crippen molar-refractivity contribution < 1.29 is 19.1 Å². The number of aryl methyl sites for hydroxylation is 1. The molecule has 8 heteroatoms. The van der Waals surface area contributed by atoms with Gasteiger partial charge in [-0.1, -0.05) is 12.1 Å². The number of carboxylic acids is 1. The molecule has 126 valence electrons. The first-order valence-electron chi connectivity index (χ1n) is 7.26. The number of halogens is 1. The largest absolute Gasteiger partial charge is 0.481 e. The maximum absolute atomic E-state index is 13.9. The van der Waals surface area contributed by atoms with Gasteiger partial charge in [-0.2, -0.15) is 5.10 Å². The van der Waals surface area contributed by atoms with Gasteiger partial charge in [0, 0.05) is 24.7 Å². The van der Waals surface area contributed by atoms with Crippen LogP contribution in [0.3, 0.4) is 0 Å². The average molecular weight is 333 g/mol. The summed E-state index contributed by atoms with van der Waals surface area (Å²) >= 11 is 0. The maximum atomic E-state index is 13.9. The van der Waals surface area contributed by atoms with Crippen LogP contribution in [-0.4, -0.2) is 33.3 Å². The highest BCUT2D eigenvalue weighted by atomic mass is 19.1. The van der Waals surface area contributed by atoms with Gasteiger partial charge < -0.3 is 10.4 Å². The van der Waals surface area contributed by atoms with E-state index in [9.17, 15) is 18.8 Å². The van der Waals surface area contributed by atoms with Crippen LogP contribution in [0.1, 0.15) is 29.0 Å². The van der Waals surface area contributed by atoms with E-state index in [1.807, 2.05) is 0 Å². The molecule has 2 N–H and O–H groups in total. The van der Waals surface area contributed by atoms with E-state index in [1.54, 1.807) is 13.0 Å². The van der Waals surface area contributed by atoms with Crippen molar-refractivity contribution in [2.45, 2.75) is 19.8 Å². The van der Waals surface area contributed by atoms with Gasteiger partial charge in [0.25, 0.3) is 5.91 Å². The SMILES string of the molecule is Cc1cc(=O)c(C(=O)NCCCC(=O)O)nn1-c1ccccc1F. The molecule has 0 aliphatic rings. The molecule has 0 radical (unpaired) electrons. The first kappa shape index (κ1) is 17.3. The van der Waals surface area contributed by atoms with Crippen LogP contribution in [-0.2, 0) is 4.79 Å². The van der Waals surface area contributed by atoms with Gasteiger partial charge >= 0.3 is 5.97 Å². The van der Waals surface area contributed by atoms with Crippen molar-refractivity contribution in [1.82, 2.24) is 15.1 Å². The fraction of sp³-hybridized carbons (Fsp3) is 0.250. The molecular formula is C16H16FN3O4. The Morgan fingerprint density at radius 3 is 2.71 bits per heavy atom. The van der Waals surface area contributed by atoms with Gasteiger partial charge in [0.05, 0.1) is 0 Å². The number of para-hydroxylation sites is 1. The summed E-state index contributed by atoms with van der Waals surface area (Å²) in [6.07, 6.45) is 0.134. The Kier molecular flexibility index (Phi) is 5.41. The fourth-order valence-corrected chi connectivity index (χ4v) is 2.10. The number of aliphatic carboxylic acids is 1. The molecule has 0 aliphatic carbocycles. The van der Waals surface area contributed by atoms with Gasteiger partial charge in [-0.25, -0.2) is 9.07 Å². The lowest BCUT2D eigenvalue weighted by Crippen LogP contribution is -2.32. The summed E-state index contributed by atoms with van der Waals surface area (Å²) in [7, 11) is 0. The summed E-state index contributed by atoms with van der Waals surface area (Å²) in [6, 6.07) is 7.07. The highest BCUT2D eigenvalue weighted by Crippen LogP contribution is 2.13. The van der Waals surface area contributed by atoms with Crippen LogP contribution in [0.2, 0.25) is 0 Å². The number of carboxylic acid groups (broad SMARTS) is 1. The molecular weight excluding hydrogens is 317 g/mol. The molecule has 0 saturated carbocycles. The zero-order valence-electron chi connectivity index (χ0n) is 13.0. The monoisotopic (exact) mass is 333 g/mol. The number of carbonyl (C=O) groups excluding carboxylic acids is 1. The summed E-state index contributed by atoms with van der Waals surface area (Å²) < 4.78 is 15.1. The third kappa shape index (κ3) is 4.03. The van der Waals surface area contributed by atoms with Crippen LogP contribution in [0.15, 0.2) is 35.1 Å². The lowest BCUT2D eigenvalue weighted by atomic mass is 10.2. The number of benzene rings is 1. The van der Waals surface area contributed by atoms with E-state index in [4.69, 9.17) is 5.11 Å². The second-order valence-electron chi connectivity index (χ2n) is 5.11. The molecule has 1 aromatic carbocycles. The van der Waals surface area contributed by atoms with Crippen LogP contribution < -0.4 is 10.7 Å². The summed E-state index contributed by atoms with van der Waals surface area (Å²) in [4.78, 5) is 34.5. The topological polar surface area (TPSA) is 101 Å². The van der Waals surface area contributed by atoms with Gasteiger partial charge in [0.15, 0.2) is 5.69 Å². The number of nitrogens with one attached hydrogen (secondary N) is 1. The number of aromatic nitrogens is 2. The van der Waals surface area contributed by atoms with E-state index in [1.165, 1.54) is 28.9 Å². The van der Waals surface area contributed by atoms with Crippen molar-refractivity contribution in [3.8, 4) is 5.69 Å². The number of amides is 1. The Labute approximate surface area is 136 Å². The first-order valence-corrected chi connectivity index (χ1v) is 7.26. The highest BCUT2D eigenvalue weighted by Gasteiger charge is 2.16. The van der Waals surface area contributed by atoms with Gasteiger partial charge in [-0.15, -0.1) is 0 Å². The molecule has 0 spiro atoms. The van der Waals surface area contributed by atoms with Crippen LogP contribution in [0.4, 0.5) is 4.39 Å². The van der Waals surface area contributed by atoms with E-state index in [0.29, 0.717) is 5.69 Å². The number of hydrogen-bond donors (Lipinski definition) is 2. The van der Waals surface area contributed by atoms with Gasteiger partial charge in [0.2, 0.25) is 5.43 Å². The molecule has 0 aliphatic heterocycles. The van der Waals surface area contributed by atoms with Crippen LogP contribution in [0, 0.1) is 12.7 Å². The molecule has 0 fully saturated rings. The quantitative estimate of drug-likeness (QED) is 0.775. The van der Waals surface area contributed by atoms with Crippen molar-refractivity contribution in [2.75, 3.05) is 6.54 Å². The van der Waals surface area contributed by atoms with Crippen molar-refractivity contribution in [3.63, 3.8) is 0 Å². The summed E-state index contributed by atoms with van der Waals surface area (Å²) in [5.74, 6) is -2.24. The molecule has 24 heavy (non-hydrogen) atoms. The van der Waals surface area contributed by atoms with Crippen molar-refractivity contribution >= 4 is 11.9 Å².